The zero-order valence-corrected chi connectivity index (χ0v) is 11.8. The van der Waals surface area contributed by atoms with Crippen molar-refractivity contribution in [2.75, 3.05) is 12.4 Å². The molecule has 0 atom stereocenters. The summed E-state index contributed by atoms with van der Waals surface area (Å²) in [5.74, 6) is -0.258. The lowest BCUT2D eigenvalue weighted by Crippen LogP contribution is -2.12. The Morgan fingerprint density at radius 3 is 2.82 bits per heavy atom. The first kappa shape index (κ1) is 15.2. The van der Waals surface area contributed by atoms with E-state index in [0.717, 1.165) is 11.6 Å². The number of carbonyl (C=O) groups excluding carboxylic acids is 1. The van der Waals surface area contributed by atoms with Gasteiger partial charge in [-0.25, -0.2) is 4.98 Å². The maximum atomic E-state index is 11.1. The second-order valence-electron chi connectivity index (χ2n) is 4.41. The first-order chi connectivity index (χ1) is 10.5. The fraction of sp³-hybridized carbons (Fsp3) is 0.143. The Bertz CT molecular complexity index is 718. The number of hydrogen-bond acceptors (Lipinski definition) is 6. The van der Waals surface area contributed by atoms with Crippen molar-refractivity contribution in [3.63, 3.8) is 0 Å². The lowest BCUT2D eigenvalue weighted by Gasteiger charge is -2.08. The number of amides is 1. The highest BCUT2D eigenvalue weighted by atomic mass is 16.6. The third-order valence-corrected chi connectivity index (χ3v) is 2.97. The molecule has 0 aliphatic carbocycles. The van der Waals surface area contributed by atoms with E-state index in [-0.39, 0.29) is 11.3 Å². The van der Waals surface area contributed by atoms with E-state index in [1.54, 1.807) is 18.3 Å². The van der Waals surface area contributed by atoms with Crippen molar-refractivity contribution in [3.05, 3.63) is 57.8 Å². The quantitative estimate of drug-likeness (QED) is 0.619. The van der Waals surface area contributed by atoms with Crippen LogP contribution in [0.15, 0.2) is 36.5 Å². The lowest BCUT2D eigenvalue weighted by molar-refractivity contribution is -0.384. The molecule has 22 heavy (non-hydrogen) atoms. The van der Waals surface area contributed by atoms with Gasteiger partial charge in [0.2, 0.25) is 11.8 Å². The van der Waals surface area contributed by atoms with Crippen molar-refractivity contribution in [2.24, 2.45) is 5.73 Å². The minimum atomic E-state index is -0.714. The largest absolute Gasteiger partial charge is 0.481 e. The summed E-state index contributed by atoms with van der Waals surface area (Å²) in [5, 5.41) is 14.0. The van der Waals surface area contributed by atoms with Gasteiger partial charge in [-0.2, -0.15) is 0 Å². The average Bonchev–Trinajstić information content (AvgIpc) is 2.52. The highest BCUT2D eigenvalue weighted by molar-refractivity contribution is 5.94. The number of rotatable bonds is 6. The minimum absolute atomic E-state index is 0.0860. The summed E-state index contributed by atoms with van der Waals surface area (Å²) >= 11 is 0. The second kappa shape index (κ2) is 6.53. The Morgan fingerprint density at radius 1 is 1.41 bits per heavy atom. The van der Waals surface area contributed by atoms with Crippen LogP contribution >= 0.6 is 0 Å². The van der Waals surface area contributed by atoms with E-state index in [1.165, 1.54) is 19.2 Å². The predicted octanol–water partition coefficient (Wildman–Crippen LogP) is 1.71. The Hall–Kier alpha value is -3.16. The number of anilines is 1. The van der Waals surface area contributed by atoms with Gasteiger partial charge >= 0.3 is 0 Å². The lowest BCUT2D eigenvalue weighted by atomic mass is 10.1. The number of nitrogens with two attached hydrogens (primary N) is 1. The summed E-state index contributed by atoms with van der Waals surface area (Å²) in [6.45, 7) is 0.343. The fourth-order valence-electron chi connectivity index (χ4n) is 1.85. The van der Waals surface area contributed by atoms with Crippen LogP contribution < -0.4 is 15.8 Å². The van der Waals surface area contributed by atoms with Crippen molar-refractivity contribution < 1.29 is 14.5 Å². The zero-order chi connectivity index (χ0) is 16.1. The predicted molar refractivity (Wildman–Crippen MR) is 79.7 cm³/mol. The maximum Gasteiger partial charge on any atom is 0.293 e. The van der Waals surface area contributed by atoms with E-state index < -0.39 is 10.8 Å². The van der Waals surface area contributed by atoms with Crippen molar-refractivity contribution in [1.29, 1.82) is 0 Å². The van der Waals surface area contributed by atoms with Crippen molar-refractivity contribution in [3.8, 4) is 5.88 Å². The average molecular weight is 302 g/mol. The van der Waals surface area contributed by atoms with Crippen LogP contribution in [0.1, 0.15) is 15.9 Å². The number of pyridine rings is 1. The third-order valence-electron chi connectivity index (χ3n) is 2.97. The van der Waals surface area contributed by atoms with Crippen molar-refractivity contribution in [2.45, 2.75) is 6.54 Å². The van der Waals surface area contributed by atoms with Crippen LogP contribution in [0.2, 0.25) is 0 Å². The van der Waals surface area contributed by atoms with Gasteiger partial charge in [0.15, 0.2) is 0 Å². The van der Waals surface area contributed by atoms with Gasteiger partial charge in [0.1, 0.15) is 5.69 Å². The van der Waals surface area contributed by atoms with Crippen LogP contribution in [0.4, 0.5) is 11.4 Å². The summed E-state index contributed by atoms with van der Waals surface area (Å²) in [4.78, 5) is 25.6. The van der Waals surface area contributed by atoms with Gasteiger partial charge in [0, 0.05) is 30.4 Å². The van der Waals surface area contributed by atoms with Gasteiger partial charge in [0.05, 0.1) is 12.0 Å². The molecule has 0 spiro atoms. The molecule has 1 amide bonds. The summed E-state index contributed by atoms with van der Waals surface area (Å²) in [6.07, 6.45) is 1.58. The molecule has 0 unspecified atom stereocenters. The number of nitrogens with one attached hydrogen (secondary N) is 1. The number of primary amides is 1. The first-order valence-corrected chi connectivity index (χ1v) is 6.32. The number of methoxy groups -OCH3 is 1. The molecule has 0 radical (unpaired) electrons. The molecule has 3 N–H and O–H groups in total. The number of nitrogens with zero attached hydrogens (tertiary/aromatic N) is 2. The van der Waals surface area contributed by atoms with Crippen LogP contribution in [0.3, 0.4) is 0 Å². The number of carbonyl (C=O) groups is 1. The Labute approximate surface area is 126 Å². The van der Waals surface area contributed by atoms with E-state index in [2.05, 4.69) is 10.3 Å². The van der Waals surface area contributed by atoms with Crippen LogP contribution in [0.5, 0.6) is 5.88 Å². The Kier molecular flexibility index (Phi) is 4.52. The fourth-order valence-corrected chi connectivity index (χ4v) is 1.85. The normalized spacial score (nSPS) is 10.0. The van der Waals surface area contributed by atoms with Crippen LogP contribution in [0, 0.1) is 10.1 Å². The van der Waals surface area contributed by atoms with Crippen molar-refractivity contribution >= 4 is 17.3 Å². The molecular weight excluding hydrogens is 288 g/mol. The molecule has 0 aliphatic heterocycles. The highest BCUT2D eigenvalue weighted by Gasteiger charge is 2.16. The molecule has 1 aromatic heterocycles. The van der Waals surface area contributed by atoms with Gasteiger partial charge in [-0.15, -0.1) is 0 Å². The number of benzene rings is 1. The monoisotopic (exact) mass is 302 g/mol. The van der Waals surface area contributed by atoms with E-state index in [0.29, 0.717) is 18.1 Å². The molecule has 8 heteroatoms. The standard InChI is InChI=1S/C14H14N4O4/c1-22-13-6-9(4-5-16-13)8-17-11-3-2-10(14(15)19)7-12(11)18(20)21/h2-7,17H,8H2,1H3,(H2,15,19). The van der Waals surface area contributed by atoms with Gasteiger partial charge in [0.25, 0.3) is 5.69 Å². The summed E-state index contributed by atoms with van der Waals surface area (Å²) < 4.78 is 5.01. The van der Waals surface area contributed by atoms with Gasteiger partial charge in [-0.05, 0) is 23.8 Å². The number of aromatic nitrogens is 1. The topological polar surface area (TPSA) is 120 Å². The molecule has 2 aromatic rings. The van der Waals surface area contributed by atoms with Crippen LogP contribution in [0.25, 0.3) is 0 Å². The molecule has 0 fully saturated rings. The molecule has 8 nitrogen and oxygen atoms in total. The third kappa shape index (κ3) is 3.48. The van der Waals surface area contributed by atoms with E-state index in [9.17, 15) is 14.9 Å². The summed E-state index contributed by atoms with van der Waals surface area (Å²) in [7, 11) is 1.51. The number of nitro groups is 1. The van der Waals surface area contributed by atoms with Crippen LogP contribution in [-0.2, 0) is 6.54 Å². The second-order valence-corrected chi connectivity index (χ2v) is 4.41. The number of nitro benzene ring substituents is 1. The smallest absolute Gasteiger partial charge is 0.293 e. The van der Waals surface area contributed by atoms with Crippen molar-refractivity contribution in [1.82, 2.24) is 4.98 Å². The van der Waals surface area contributed by atoms with Gasteiger partial charge in [-0.1, -0.05) is 0 Å². The SMILES string of the molecule is COc1cc(CNc2ccc(C(N)=O)cc2[N+](=O)[O-])ccn1. The number of ether oxygens (including phenoxy) is 1. The molecule has 1 aromatic carbocycles. The van der Waals surface area contributed by atoms with E-state index in [1.807, 2.05) is 0 Å². The van der Waals surface area contributed by atoms with Gasteiger partial charge < -0.3 is 15.8 Å². The summed E-state index contributed by atoms with van der Waals surface area (Å²) in [5.41, 5.74) is 6.15. The highest BCUT2D eigenvalue weighted by Crippen LogP contribution is 2.26. The maximum absolute atomic E-state index is 11.1. The molecule has 0 saturated heterocycles. The summed E-state index contributed by atoms with van der Waals surface area (Å²) in [6, 6.07) is 7.52. The van der Waals surface area contributed by atoms with E-state index >= 15 is 0 Å². The molecule has 0 aliphatic rings. The molecular formula is C14H14N4O4. The zero-order valence-electron chi connectivity index (χ0n) is 11.8. The molecule has 114 valence electrons. The molecule has 2 rings (SSSR count). The van der Waals surface area contributed by atoms with Crippen LogP contribution in [-0.4, -0.2) is 22.9 Å². The minimum Gasteiger partial charge on any atom is -0.481 e. The molecule has 0 bridgehead atoms. The first-order valence-electron chi connectivity index (χ1n) is 6.32. The van der Waals surface area contributed by atoms with E-state index in [4.69, 9.17) is 10.5 Å². The molecule has 1 heterocycles. The number of hydrogen-bond donors (Lipinski definition) is 2. The molecule has 0 saturated carbocycles. The Morgan fingerprint density at radius 2 is 2.18 bits per heavy atom. The Balaban J connectivity index is 2.21. The van der Waals surface area contributed by atoms with Gasteiger partial charge in [-0.3, -0.25) is 14.9 Å².